The van der Waals surface area contributed by atoms with Crippen LogP contribution in [0.2, 0.25) is 0 Å². The highest BCUT2D eigenvalue weighted by Gasteiger charge is 2.10. The zero-order chi connectivity index (χ0) is 17.0. The number of carbonyl (C=O) groups excluding carboxylic acids is 2. The monoisotopic (exact) mass is 316 g/mol. The van der Waals surface area contributed by atoms with Crippen molar-refractivity contribution in [3.8, 4) is 0 Å². The molecule has 0 saturated heterocycles. The Hall–Kier alpha value is -2.77. The van der Waals surface area contributed by atoms with Crippen LogP contribution in [-0.2, 0) is 6.54 Å². The first-order valence-electron chi connectivity index (χ1n) is 7.30. The predicted octanol–water partition coefficient (Wildman–Crippen LogP) is 0.517. The van der Waals surface area contributed by atoms with Gasteiger partial charge in [0.25, 0.3) is 11.8 Å². The second-order valence-corrected chi connectivity index (χ2v) is 5.28. The lowest BCUT2D eigenvalue weighted by atomic mass is 10.2. The number of carbonyl (C=O) groups is 2. The van der Waals surface area contributed by atoms with Gasteiger partial charge < -0.3 is 11.1 Å². The van der Waals surface area contributed by atoms with Gasteiger partial charge in [-0.15, -0.1) is 0 Å². The van der Waals surface area contributed by atoms with Gasteiger partial charge in [-0.05, 0) is 32.8 Å². The van der Waals surface area contributed by atoms with Gasteiger partial charge in [-0.2, -0.15) is 5.10 Å². The van der Waals surface area contributed by atoms with E-state index in [1.807, 2.05) is 25.5 Å². The van der Waals surface area contributed by atoms with Crippen molar-refractivity contribution in [1.82, 2.24) is 25.1 Å². The molecule has 0 aliphatic rings. The number of aromatic nitrogens is 4. The number of nitrogens with one attached hydrogen (secondary N) is 1. The van der Waals surface area contributed by atoms with E-state index < -0.39 is 5.91 Å². The number of amides is 2. The molecule has 2 aromatic heterocycles. The fourth-order valence-corrected chi connectivity index (χ4v) is 2.10. The number of rotatable bonds is 6. The van der Waals surface area contributed by atoms with Crippen LogP contribution >= 0.6 is 0 Å². The molecule has 2 aromatic rings. The van der Waals surface area contributed by atoms with E-state index in [4.69, 9.17) is 5.73 Å². The summed E-state index contributed by atoms with van der Waals surface area (Å²) in [5.74, 6) is -1.01. The Balaban J connectivity index is 1.82. The van der Waals surface area contributed by atoms with Gasteiger partial charge in [0.15, 0.2) is 0 Å². The molecule has 0 unspecified atom stereocenters. The summed E-state index contributed by atoms with van der Waals surface area (Å²) in [7, 11) is 0. The van der Waals surface area contributed by atoms with Crippen LogP contribution < -0.4 is 11.1 Å². The molecule has 8 nitrogen and oxygen atoms in total. The Bertz CT molecular complexity index is 720. The predicted molar refractivity (Wildman–Crippen MR) is 83.9 cm³/mol. The van der Waals surface area contributed by atoms with Crippen LogP contribution in [0.15, 0.2) is 12.4 Å². The maximum absolute atomic E-state index is 11.9. The van der Waals surface area contributed by atoms with Crippen molar-refractivity contribution in [2.75, 3.05) is 6.54 Å². The fourth-order valence-electron chi connectivity index (χ4n) is 2.10. The van der Waals surface area contributed by atoms with E-state index in [2.05, 4.69) is 20.4 Å². The van der Waals surface area contributed by atoms with Gasteiger partial charge in [-0.25, -0.2) is 9.97 Å². The first-order valence-corrected chi connectivity index (χ1v) is 7.30. The molecule has 23 heavy (non-hydrogen) atoms. The molecule has 0 fully saturated rings. The molecule has 2 heterocycles. The summed E-state index contributed by atoms with van der Waals surface area (Å²) in [5.41, 5.74) is 8.61. The van der Waals surface area contributed by atoms with E-state index in [0.717, 1.165) is 24.4 Å². The molecule has 0 radical (unpaired) electrons. The van der Waals surface area contributed by atoms with Gasteiger partial charge >= 0.3 is 0 Å². The van der Waals surface area contributed by atoms with Crippen LogP contribution in [0, 0.1) is 20.8 Å². The van der Waals surface area contributed by atoms with Gasteiger partial charge in [0.1, 0.15) is 11.4 Å². The van der Waals surface area contributed by atoms with Crippen molar-refractivity contribution in [2.24, 2.45) is 5.73 Å². The minimum atomic E-state index is -0.676. The second kappa shape index (κ2) is 6.99. The Morgan fingerprint density at radius 3 is 2.35 bits per heavy atom. The zero-order valence-corrected chi connectivity index (χ0v) is 13.5. The highest BCUT2D eigenvalue weighted by atomic mass is 16.2. The Labute approximate surface area is 134 Å². The number of primary amides is 1. The third-order valence-electron chi connectivity index (χ3n) is 3.71. The number of nitrogens with two attached hydrogens (primary N) is 1. The third kappa shape index (κ3) is 3.91. The van der Waals surface area contributed by atoms with Crippen LogP contribution in [-0.4, -0.2) is 38.1 Å². The third-order valence-corrected chi connectivity index (χ3v) is 3.71. The number of hydrogen-bond acceptors (Lipinski definition) is 5. The highest BCUT2D eigenvalue weighted by Crippen LogP contribution is 2.10. The van der Waals surface area contributed by atoms with E-state index in [1.54, 1.807) is 0 Å². The largest absolute Gasteiger partial charge is 0.364 e. The molecular weight excluding hydrogens is 296 g/mol. The minimum Gasteiger partial charge on any atom is -0.364 e. The second-order valence-electron chi connectivity index (χ2n) is 5.28. The Kier molecular flexibility index (Phi) is 5.05. The van der Waals surface area contributed by atoms with Crippen molar-refractivity contribution in [1.29, 1.82) is 0 Å². The first-order chi connectivity index (χ1) is 10.9. The van der Waals surface area contributed by atoms with Crippen LogP contribution in [0.3, 0.4) is 0 Å². The minimum absolute atomic E-state index is 0.0291. The van der Waals surface area contributed by atoms with E-state index in [-0.39, 0.29) is 17.3 Å². The first kappa shape index (κ1) is 16.6. The topological polar surface area (TPSA) is 116 Å². The van der Waals surface area contributed by atoms with Crippen molar-refractivity contribution >= 4 is 11.8 Å². The van der Waals surface area contributed by atoms with Crippen LogP contribution in [0.4, 0.5) is 0 Å². The average Bonchev–Trinajstić information content (AvgIpc) is 2.78. The lowest BCUT2D eigenvalue weighted by molar-refractivity contribution is 0.0943. The molecule has 0 saturated carbocycles. The number of nitrogens with zero attached hydrogens (tertiary/aromatic N) is 4. The van der Waals surface area contributed by atoms with Crippen LogP contribution in [0.5, 0.6) is 0 Å². The average molecular weight is 316 g/mol. The molecule has 2 amide bonds. The van der Waals surface area contributed by atoms with Gasteiger partial charge in [0.2, 0.25) is 0 Å². The van der Waals surface area contributed by atoms with Crippen LogP contribution in [0.25, 0.3) is 0 Å². The van der Waals surface area contributed by atoms with Gasteiger partial charge in [0.05, 0.1) is 18.1 Å². The van der Waals surface area contributed by atoms with E-state index >= 15 is 0 Å². The van der Waals surface area contributed by atoms with Gasteiger partial charge in [0, 0.05) is 18.8 Å². The summed E-state index contributed by atoms with van der Waals surface area (Å²) < 4.78 is 1.94. The van der Waals surface area contributed by atoms with E-state index in [1.165, 1.54) is 18.0 Å². The molecule has 0 aliphatic carbocycles. The number of hydrogen-bond donors (Lipinski definition) is 2. The Morgan fingerprint density at radius 2 is 1.83 bits per heavy atom. The summed E-state index contributed by atoms with van der Waals surface area (Å²) in [4.78, 5) is 30.5. The molecule has 8 heteroatoms. The van der Waals surface area contributed by atoms with E-state index in [0.29, 0.717) is 6.54 Å². The van der Waals surface area contributed by atoms with Crippen molar-refractivity contribution in [2.45, 2.75) is 33.7 Å². The lowest BCUT2D eigenvalue weighted by Gasteiger charge is -2.06. The molecule has 3 N–H and O–H groups in total. The van der Waals surface area contributed by atoms with Crippen molar-refractivity contribution in [3.05, 3.63) is 40.7 Å². The van der Waals surface area contributed by atoms with E-state index in [9.17, 15) is 9.59 Å². The zero-order valence-electron chi connectivity index (χ0n) is 13.5. The number of aryl methyl sites for hydroxylation is 2. The maximum atomic E-state index is 11.9. The summed E-state index contributed by atoms with van der Waals surface area (Å²) in [6.45, 7) is 7.28. The highest BCUT2D eigenvalue weighted by molar-refractivity contribution is 5.93. The Morgan fingerprint density at radius 1 is 1.17 bits per heavy atom. The van der Waals surface area contributed by atoms with Crippen LogP contribution in [0.1, 0.15) is 44.3 Å². The lowest BCUT2D eigenvalue weighted by Crippen LogP contribution is -2.27. The quantitative estimate of drug-likeness (QED) is 0.754. The van der Waals surface area contributed by atoms with Crippen molar-refractivity contribution < 1.29 is 9.59 Å². The normalized spacial score (nSPS) is 10.6. The summed E-state index contributed by atoms with van der Waals surface area (Å²) in [6, 6.07) is 0. The molecule has 2 rings (SSSR count). The molecule has 0 bridgehead atoms. The summed E-state index contributed by atoms with van der Waals surface area (Å²) >= 11 is 0. The fraction of sp³-hybridized carbons (Fsp3) is 0.400. The smallest absolute Gasteiger partial charge is 0.271 e. The summed E-state index contributed by atoms with van der Waals surface area (Å²) in [6.07, 6.45) is 3.18. The van der Waals surface area contributed by atoms with Gasteiger partial charge in [-0.3, -0.25) is 14.3 Å². The molecule has 122 valence electrons. The SMILES string of the molecule is Cc1nn(CCCNC(=O)c2cnc(C(N)=O)cn2)c(C)c1C. The van der Waals surface area contributed by atoms with Gasteiger partial charge in [-0.1, -0.05) is 0 Å². The summed E-state index contributed by atoms with van der Waals surface area (Å²) in [5, 5.41) is 7.21. The maximum Gasteiger partial charge on any atom is 0.271 e. The van der Waals surface area contributed by atoms with Crippen molar-refractivity contribution in [3.63, 3.8) is 0 Å². The molecule has 0 atom stereocenters. The molecule has 0 aromatic carbocycles. The molecular formula is C15H20N6O2. The standard InChI is InChI=1S/C15H20N6O2/c1-9-10(2)20-21(11(9)3)6-4-5-17-15(23)13-8-18-12(7-19-13)14(16)22/h7-8H,4-6H2,1-3H3,(H2,16,22)(H,17,23). The molecule has 0 spiro atoms. The molecule has 0 aliphatic heterocycles.